The molecule has 4 aromatic heterocycles. The standard InChI is InChI=1S/C41H42N12O3/c54-37(51-41-44-19-4-20-45-41)39(56)53-22-2-6-33(53)36-47-24-31(49-36)28-13-9-26(10-14-28)25-7-11-27(12-8-25)30-23-46-35(48-30)32-5-1-21-52(32)38(55)34(29-15-16-29)50-40-42-17-3-18-43-40/h3-4,7-14,17-20,23-24,29,32-34,37,54H,1-2,5-6,15-16,21-22H2,(H,46,48)(H,47,49)(H,42,43,50)(H,44,45,51)/t32-,33-,34-,37-/m0/s1. The Kier molecular flexibility index (Phi) is 9.65. The zero-order chi connectivity index (χ0) is 38.0. The number of hydrogen-bond acceptors (Lipinski definition) is 11. The summed E-state index contributed by atoms with van der Waals surface area (Å²) in [6.07, 6.45) is 14.0. The molecule has 1 aliphatic carbocycles. The lowest BCUT2D eigenvalue weighted by molar-refractivity contribution is -0.139. The maximum atomic E-state index is 13.9. The molecule has 15 nitrogen and oxygen atoms in total. The quantitative estimate of drug-likeness (QED) is 0.101. The van der Waals surface area contributed by atoms with Crippen LogP contribution in [0.25, 0.3) is 33.6 Å². The smallest absolute Gasteiger partial charge is 0.273 e. The highest BCUT2D eigenvalue weighted by Crippen LogP contribution is 2.39. The van der Waals surface area contributed by atoms with E-state index in [0.717, 1.165) is 78.0 Å². The fourth-order valence-electron chi connectivity index (χ4n) is 7.84. The van der Waals surface area contributed by atoms with E-state index in [0.29, 0.717) is 30.8 Å². The van der Waals surface area contributed by atoms with Crippen molar-refractivity contribution in [3.05, 3.63) is 109 Å². The van der Waals surface area contributed by atoms with Crippen LogP contribution in [0, 0.1) is 5.92 Å². The number of aromatic nitrogens is 8. The molecule has 2 amide bonds. The van der Waals surface area contributed by atoms with Gasteiger partial charge in [0.15, 0.2) is 0 Å². The van der Waals surface area contributed by atoms with Crippen LogP contribution in [0.2, 0.25) is 0 Å². The highest BCUT2D eigenvalue weighted by Gasteiger charge is 2.43. The van der Waals surface area contributed by atoms with Gasteiger partial charge in [-0.25, -0.2) is 29.9 Å². The van der Waals surface area contributed by atoms with E-state index in [4.69, 9.17) is 4.98 Å². The summed E-state index contributed by atoms with van der Waals surface area (Å²) in [5.41, 5.74) is 5.89. The number of H-pyrrole nitrogens is 2. The van der Waals surface area contributed by atoms with E-state index < -0.39 is 12.1 Å². The first-order chi connectivity index (χ1) is 27.5. The van der Waals surface area contributed by atoms with Gasteiger partial charge in [-0.3, -0.25) is 9.59 Å². The van der Waals surface area contributed by atoms with Crippen molar-refractivity contribution in [3.8, 4) is 33.6 Å². The lowest BCUT2D eigenvalue weighted by Gasteiger charge is -2.28. The van der Waals surface area contributed by atoms with Crippen molar-refractivity contribution < 1.29 is 14.7 Å². The number of anilines is 2. The summed E-state index contributed by atoms with van der Waals surface area (Å²) < 4.78 is 0. The van der Waals surface area contributed by atoms with Gasteiger partial charge < -0.3 is 35.5 Å². The molecule has 6 aromatic rings. The number of carbonyl (C=O) groups excluding carboxylic acids is 2. The van der Waals surface area contributed by atoms with Crippen LogP contribution >= 0.6 is 0 Å². The number of aliphatic hydroxyl groups is 1. The molecule has 284 valence electrons. The topological polar surface area (TPSA) is 194 Å². The molecular formula is C41H42N12O3. The van der Waals surface area contributed by atoms with Crippen molar-refractivity contribution in [1.82, 2.24) is 49.7 Å². The Bertz CT molecular complexity index is 2280. The number of aliphatic hydroxyl groups excluding tert-OH is 1. The third-order valence-electron chi connectivity index (χ3n) is 10.9. The van der Waals surface area contributed by atoms with Gasteiger partial charge in [0.2, 0.25) is 24.0 Å². The molecule has 2 saturated heterocycles. The van der Waals surface area contributed by atoms with Crippen LogP contribution < -0.4 is 10.6 Å². The second-order valence-electron chi connectivity index (χ2n) is 14.5. The normalized spacial score (nSPS) is 19.2. The Balaban J connectivity index is 0.836. The molecule has 3 aliphatic rings. The number of benzene rings is 2. The van der Waals surface area contributed by atoms with Crippen LogP contribution in [-0.2, 0) is 9.59 Å². The van der Waals surface area contributed by atoms with Crippen LogP contribution in [0.5, 0.6) is 0 Å². The predicted molar refractivity (Wildman–Crippen MR) is 208 cm³/mol. The van der Waals surface area contributed by atoms with Gasteiger partial charge in [0, 0.05) is 37.9 Å². The molecule has 2 aromatic carbocycles. The molecule has 56 heavy (non-hydrogen) atoms. The molecule has 1 saturated carbocycles. The molecule has 0 radical (unpaired) electrons. The molecule has 4 atom stereocenters. The van der Waals surface area contributed by atoms with Crippen LogP contribution in [-0.4, -0.2) is 92.0 Å². The second kappa shape index (κ2) is 15.3. The summed E-state index contributed by atoms with van der Waals surface area (Å²) in [6, 6.07) is 19.3. The molecule has 3 fully saturated rings. The Hall–Kier alpha value is -6.48. The first-order valence-corrected chi connectivity index (χ1v) is 19.2. The third kappa shape index (κ3) is 7.32. The number of imidazole rings is 2. The molecule has 0 unspecified atom stereocenters. The van der Waals surface area contributed by atoms with E-state index in [1.165, 1.54) is 0 Å². The Morgan fingerprint density at radius 2 is 1.05 bits per heavy atom. The molecular weight excluding hydrogens is 709 g/mol. The van der Waals surface area contributed by atoms with Crippen molar-refractivity contribution in [2.24, 2.45) is 5.92 Å². The van der Waals surface area contributed by atoms with Gasteiger partial charge in [0.1, 0.15) is 17.7 Å². The number of hydrogen-bond donors (Lipinski definition) is 5. The fraction of sp³-hybridized carbons (Fsp3) is 0.317. The monoisotopic (exact) mass is 750 g/mol. The lowest BCUT2D eigenvalue weighted by Crippen LogP contribution is -2.44. The Labute approximate surface area is 323 Å². The zero-order valence-electron chi connectivity index (χ0n) is 30.6. The van der Waals surface area contributed by atoms with Crippen LogP contribution in [0.4, 0.5) is 11.9 Å². The van der Waals surface area contributed by atoms with Gasteiger partial charge in [-0.15, -0.1) is 0 Å². The number of aromatic amines is 2. The highest BCUT2D eigenvalue weighted by molar-refractivity contribution is 5.86. The van der Waals surface area contributed by atoms with E-state index in [-0.39, 0.29) is 30.0 Å². The van der Waals surface area contributed by atoms with Crippen LogP contribution in [0.1, 0.15) is 62.3 Å². The lowest BCUT2D eigenvalue weighted by atomic mass is 10.0. The molecule has 15 heteroatoms. The van der Waals surface area contributed by atoms with Crippen molar-refractivity contribution >= 4 is 23.7 Å². The number of nitrogens with one attached hydrogen (secondary N) is 4. The molecule has 2 aliphatic heterocycles. The van der Waals surface area contributed by atoms with E-state index >= 15 is 0 Å². The van der Waals surface area contributed by atoms with E-state index in [1.807, 2.05) is 11.1 Å². The predicted octanol–water partition coefficient (Wildman–Crippen LogP) is 5.36. The average molecular weight is 751 g/mol. The summed E-state index contributed by atoms with van der Waals surface area (Å²) in [7, 11) is 0. The van der Waals surface area contributed by atoms with Gasteiger partial charge in [-0.2, -0.15) is 0 Å². The van der Waals surface area contributed by atoms with E-state index in [9.17, 15) is 14.7 Å². The summed E-state index contributed by atoms with van der Waals surface area (Å²) in [5.74, 6) is 2.08. The minimum Gasteiger partial charge on any atom is -0.365 e. The van der Waals surface area contributed by atoms with Gasteiger partial charge in [0.25, 0.3) is 5.91 Å². The van der Waals surface area contributed by atoms with Crippen LogP contribution in [0.15, 0.2) is 97.8 Å². The van der Waals surface area contributed by atoms with Gasteiger partial charge in [-0.05, 0) is 78.8 Å². The number of nitrogens with zero attached hydrogens (tertiary/aromatic N) is 8. The van der Waals surface area contributed by atoms with Gasteiger partial charge >= 0.3 is 0 Å². The molecule has 0 spiro atoms. The Morgan fingerprint density at radius 3 is 1.54 bits per heavy atom. The van der Waals surface area contributed by atoms with E-state index in [1.54, 1.807) is 48.0 Å². The molecule has 6 heterocycles. The summed E-state index contributed by atoms with van der Waals surface area (Å²) in [4.78, 5) is 63.6. The molecule has 9 rings (SSSR count). The number of carbonyl (C=O) groups is 2. The number of rotatable bonds is 12. The van der Waals surface area contributed by atoms with Crippen molar-refractivity contribution in [3.63, 3.8) is 0 Å². The summed E-state index contributed by atoms with van der Waals surface area (Å²) in [5, 5.41) is 16.5. The van der Waals surface area contributed by atoms with Crippen LogP contribution in [0.3, 0.4) is 0 Å². The van der Waals surface area contributed by atoms with Crippen molar-refractivity contribution in [2.75, 3.05) is 23.7 Å². The van der Waals surface area contributed by atoms with Gasteiger partial charge in [0.05, 0.1) is 35.9 Å². The SMILES string of the molecule is O=C([C@H](O)Nc1ncccn1)N1CCC[C@H]1c1ncc(-c2ccc(-c3ccc(-c4cnc([C@@H]5CCCN5C(=O)[C@@H](Nc5ncccn5)C5CC5)[nH]4)cc3)cc2)[nH]1. The van der Waals surface area contributed by atoms with Crippen molar-refractivity contribution in [2.45, 2.75) is 62.9 Å². The highest BCUT2D eigenvalue weighted by atomic mass is 16.3. The zero-order valence-corrected chi connectivity index (χ0v) is 30.6. The first kappa shape index (κ1) is 35.2. The molecule has 0 bridgehead atoms. The average Bonchev–Trinajstić information content (AvgIpc) is 3.71. The minimum absolute atomic E-state index is 0.0839. The van der Waals surface area contributed by atoms with Crippen molar-refractivity contribution in [1.29, 1.82) is 0 Å². The van der Waals surface area contributed by atoms with Gasteiger partial charge in [-0.1, -0.05) is 48.5 Å². The fourth-order valence-corrected chi connectivity index (χ4v) is 7.84. The third-order valence-corrected chi connectivity index (χ3v) is 10.9. The second-order valence-corrected chi connectivity index (χ2v) is 14.5. The first-order valence-electron chi connectivity index (χ1n) is 19.2. The largest absolute Gasteiger partial charge is 0.365 e. The van der Waals surface area contributed by atoms with E-state index in [2.05, 4.69) is 94.1 Å². The number of likely N-dealkylation sites (tertiary alicyclic amines) is 2. The Morgan fingerprint density at radius 1 is 0.607 bits per heavy atom. The summed E-state index contributed by atoms with van der Waals surface area (Å²) in [6.45, 7) is 1.22. The number of amides is 2. The maximum absolute atomic E-state index is 13.9. The maximum Gasteiger partial charge on any atom is 0.273 e. The minimum atomic E-state index is -1.46. The summed E-state index contributed by atoms with van der Waals surface area (Å²) >= 11 is 0. The molecule has 5 N–H and O–H groups in total.